The van der Waals surface area contributed by atoms with Crippen molar-refractivity contribution in [2.75, 3.05) is 0 Å². The minimum Gasteiger partial charge on any atom is -0.300 e. The number of hydrogen-bond donors (Lipinski definition) is 0. The molecule has 0 aromatic heterocycles. The fraction of sp³-hybridized carbons (Fsp3) is 0.789. The third kappa shape index (κ3) is 30.3. The molecule has 0 aliphatic heterocycles. The molecule has 7 nitrogen and oxygen atoms in total. The number of ketones is 7. The van der Waals surface area contributed by atoms with Gasteiger partial charge in [-0.15, -0.1) is 6.58 Å². The van der Waals surface area contributed by atoms with Gasteiger partial charge in [-0.1, -0.05) is 226 Å². The van der Waals surface area contributed by atoms with Crippen LogP contribution in [0.1, 0.15) is 336 Å². The van der Waals surface area contributed by atoms with E-state index in [9.17, 15) is 33.6 Å². The van der Waals surface area contributed by atoms with E-state index in [0.29, 0.717) is 136 Å². The average molecular weight is 1350 g/mol. The van der Waals surface area contributed by atoms with Gasteiger partial charge >= 0.3 is 0 Å². The Morgan fingerprint density at radius 3 is 1.59 bits per heavy atom. The standard InChI is InChI=1S/2C15H28O.2C14H22O.C14H24O.C11H18O.C7H12O/c1-10-7-8-12(3)15(5,6)14(10)11(2)9-13(4)16;1-10(2)9-13(16)14-11(3)7-8-12(4)15(14,5)6;1-10-7-6-8-14(4,5)13(10)11(2)9-12(3)15;1-10(2)9-12(15)13-11(3)7-6-8-14(13,4)5;1-5-6-7-13(15)12-10-14(3,4)9-8-11(12)2;1-7(2)10-5-8(3)9(4)11(12)6-10;1-6-3-2-4-7(8)5-6/h2*10-12,14H,7-9H2,1-6H3;6-7,11H,8-9H2,1-5H3;6-7,10H,8-9H2,1-5H3;5,11-12H,1,6-10H2,2-4H3;8-10H,1,5-6H2,2-4H3;6H,2-5H2,1H3. The Bertz CT molecular complexity index is 2690. The third-order valence-corrected chi connectivity index (χ3v) is 24.5. The number of Topliss-reactive ketones (excluding diaryl/α,β-unsaturated/α-hetero) is 7. The van der Waals surface area contributed by atoms with Crippen LogP contribution < -0.4 is 0 Å². The van der Waals surface area contributed by atoms with Gasteiger partial charge in [0.05, 0.1) is 0 Å². The summed E-state index contributed by atoms with van der Waals surface area (Å²) in [6.07, 6.45) is 31.6. The summed E-state index contributed by atoms with van der Waals surface area (Å²) in [5.74, 6) is 11.2. The molecule has 5 saturated carbocycles. The first kappa shape index (κ1) is 91.1. The van der Waals surface area contributed by atoms with Gasteiger partial charge in [-0.25, -0.2) is 0 Å². The second-order valence-corrected chi connectivity index (χ2v) is 37.2. The van der Waals surface area contributed by atoms with Crippen molar-refractivity contribution in [1.29, 1.82) is 0 Å². The molecule has 0 aromatic carbocycles. The molecule has 7 heteroatoms. The number of allylic oxidation sites excluding steroid dienone is 10. The quantitative estimate of drug-likeness (QED) is 0.133. The first-order chi connectivity index (χ1) is 44.5. The van der Waals surface area contributed by atoms with Gasteiger partial charge in [0, 0.05) is 74.7 Å². The highest BCUT2D eigenvalue weighted by molar-refractivity contribution is 5.98. The van der Waals surface area contributed by atoms with Gasteiger partial charge in [-0.3, -0.25) is 24.0 Å². The first-order valence-corrected chi connectivity index (χ1v) is 39.1. The van der Waals surface area contributed by atoms with Crippen molar-refractivity contribution in [3.8, 4) is 0 Å². The van der Waals surface area contributed by atoms with Crippen LogP contribution in [-0.4, -0.2) is 40.5 Å². The highest BCUT2D eigenvalue weighted by Crippen LogP contribution is 2.52. The highest BCUT2D eigenvalue weighted by Gasteiger charge is 2.46. The van der Waals surface area contributed by atoms with E-state index in [1.807, 2.05) is 26.8 Å². The zero-order valence-corrected chi connectivity index (χ0v) is 68.7. The molecular weight excluding hydrogens is 1190 g/mol. The molecule has 5 fully saturated rings. The fourth-order valence-corrected chi connectivity index (χ4v) is 18.2. The molecule has 0 N–H and O–H groups in total. The van der Waals surface area contributed by atoms with Crippen LogP contribution >= 0.6 is 0 Å². The van der Waals surface area contributed by atoms with E-state index in [1.54, 1.807) is 13.8 Å². The van der Waals surface area contributed by atoms with Crippen LogP contribution in [0, 0.1) is 122 Å². The number of carbonyl (C=O) groups is 7. The van der Waals surface area contributed by atoms with Crippen molar-refractivity contribution in [3.63, 3.8) is 0 Å². The van der Waals surface area contributed by atoms with Crippen molar-refractivity contribution in [3.05, 3.63) is 71.4 Å². The van der Waals surface area contributed by atoms with Gasteiger partial charge in [0.25, 0.3) is 0 Å². The van der Waals surface area contributed by atoms with Crippen LogP contribution in [0.2, 0.25) is 0 Å². The van der Waals surface area contributed by atoms with Gasteiger partial charge in [0.1, 0.15) is 34.7 Å². The molecule has 14 unspecified atom stereocenters. The predicted octanol–water partition coefficient (Wildman–Crippen LogP) is 25.0. The maximum absolute atomic E-state index is 12.4. The van der Waals surface area contributed by atoms with Gasteiger partial charge in [0.15, 0.2) is 5.78 Å². The lowest BCUT2D eigenvalue weighted by Gasteiger charge is -2.50. The van der Waals surface area contributed by atoms with Crippen LogP contribution in [-0.2, 0) is 33.6 Å². The molecule has 0 aromatic rings. The molecule has 0 bridgehead atoms. The number of carbonyl (C=O) groups excluding carboxylic acids is 7. The van der Waals surface area contributed by atoms with E-state index >= 15 is 0 Å². The molecule has 14 atom stereocenters. The van der Waals surface area contributed by atoms with Crippen LogP contribution in [0.4, 0.5) is 0 Å². The van der Waals surface area contributed by atoms with Crippen LogP contribution in [0.3, 0.4) is 0 Å². The van der Waals surface area contributed by atoms with Crippen LogP contribution in [0.25, 0.3) is 0 Å². The summed E-state index contributed by atoms with van der Waals surface area (Å²) < 4.78 is 0. The molecule has 0 amide bonds. The summed E-state index contributed by atoms with van der Waals surface area (Å²) in [6.45, 7) is 70.8. The summed E-state index contributed by atoms with van der Waals surface area (Å²) in [4.78, 5) is 81.2. The third-order valence-electron chi connectivity index (χ3n) is 24.5. The van der Waals surface area contributed by atoms with Gasteiger partial charge < -0.3 is 9.59 Å². The van der Waals surface area contributed by atoms with Gasteiger partial charge in [-0.2, -0.15) is 0 Å². The Labute approximate surface area is 599 Å². The van der Waals surface area contributed by atoms with Crippen molar-refractivity contribution in [1.82, 2.24) is 0 Å². The van der Waals surface area contributed by atoms with Crippen LogP contribution in [0.5, 0.6) is 0 Å². The average Bonchev–Trinajstić information content (AvgIpc) is 0.805. The smallest absolute Gasteiger partial charge is 0.159 e. The minimum atomic E-state index is 0.0187. The Hall–Kier alpha value is -3.87. The largest absolute Gasteiger partial charge is 0.300 e. The summed E-state index contributed by atoms with van der Waals surface area (Å²) in [6, 6.07) is 0. The molecule has 7 rings (SSSR count). The molecule has 0 spiro atoms. The van der Waals surface area contributed by atoms with Crippen molar-refractivity contribution in [2.45, 2.75) is 336 Å². The first-order valence-electron chi connectivity index (χ1n) is 39.1. The van der Waals surface area contributed by atoms with Gasteiger partial charge in [0.2, 0.25) is 0 Å². The van der Waals surface area contributed by atoms with Crippen molar-refractivity contribution >= 4 is 40.5 Å². The normalized spacial score (nSPS) is 29.6. The summed E-state index contributed by atoms with van der Waals surface area (Å²) >= 11 is 0. The SMILES string of the molecule is C=C(C)C1CC(=O)C(C)C(C)C1.C=CCCC(=O)C1CC(C)(C)CCC1C.CC(=O)CC(C)C1=C(C)C=CCC1(C)C.CC(=O)CC(C)C1C(C)CCC(C)C1(C)C.CC(C)CC(=O)C1C(C)CCC(C)C1(C)C.CC1=C(C(=O)CC(C)C)C(C)(C)CC=C1.CC1CCCC(=O)C1. The second-order valence-electron chi connectivity index (χ2n) is 37.2. The molecule has 7 aliphatic carbocycles. The maximum atomic E-state index is 12.4. The summed E-state index contributed by atoms with van der Waals surface area (Å²) in [5.41, 5.74) is 7.33. The summed E-state index contributed by atoms with van der Waals surface area (Å²) in [7, 11) is 0. The summed E-state index contributed by atoms with van der Waals surface area (Å²) in [5, 5.41) is 0. The molecular formula is C90H154O7. The fourth-order valence-electron chi connectivity index (χ4n) is 18.2. The maximum Gasteiger partial charge on any atom is 0.159 e. The lowest BCUT2D eigenvalue weighted by Crippen LogP contribution is -2.44. The Morgan fingerprint density at radius 2 is 1.12 bits per heavy atom. The van der Waals surface area contributed by atoms with E-state index in [4.69, 9.17) is 0 Å². The van der Waals surface area contributed by atoms with Crippen LogP contribution in [0.15, 0.2) is 71.4 Å². The van der Waals surface area contributed by atoms with Crippen molar-refractivity contribution in [2.24, 2.45) is 122 Å². The molecule has 556 valence electrons. The zero-order valence-electron chi connectivity index (χ0n) is 68.7. The predicted molar refractivity (Wildman–Crippen MR) is 416 cm³/mol. The lowest BCUT2D eigenvalue weighted by molar-refractivity contribution is -0.134. The Kier molecular flexibility index (Phi) is 38.8. The Balaban J connectivity index is 0.000000570. The van der Waals surface area contributed by atoms with Crippen molar-refractivity contribution < 1.29 is 33.6 Å². The zero-order chi connectivity index (χ0) is 75.1. The molecule has 0 radical (unpaired) electrons. The molecule has 7 aliphatic rings. The van der Waals surface area contributed by atoms with E-state index in [-0.39, 0.29) is 33.9 Å². The topological polar surface area (TPSA) is 119 Å². The molecule has 97 heavy (non-hydrogen) atoms. The van der Waals surface area contributed by atoms with E-state index in [1.165, 1.54) is 61.7 Å². The highest BCUT2D eigenvalue weighted by atomic mass is 16.1. The molecule has 0 heterocycles. The lowest BCUT2D eigenvalue weighted by atomic mass is 9.55. The molecule has 0 saturated heterocycles. The van der Waals surface area contributed by atoms with E-state index in [2.05, 4.69) is 204 Å². The number of rotatable bonds is 17. The van der Waals surface area contributed by atoms with Gasteiger partial charge in [-0.05, 0) is 221 Å². The Morgan fingerprint density at radius 1 is 0.598 bits per heavy atom. The van der Waals surface area contributed by atoms with E-state index < -0.39 is 0 Å². The monoisotopic (exact) mass is 1350 g/mol. The van der Waals surface area contributed by atoms with E-state index in [0.717, 1.165) is 93.6 Å². The second kappa shape index (κ2) is 41.3. The number of hydrogen-bond acceptors (Lipinski definition) is 7. The minimum absolute atomic E-state index is 0.0187.